The fourth-order valence-corrected chi connectivity index (χ4v) is 1.45. The van der Waals surface area contributed by atoms with Crippen molar-refractivity contribution >= 4 is 5.91 Å². The summed E-state index contributed by atoms with van der Waals surface area (Å²) in [6.07, 6.45) is 3.75. The number of nitrogens with one attached hydrogen (secondary N) is 1. The number of carbonyl (C=O) groups is 1. The average Bonchev–Trinajstić information content (AvgIpc) is 2.57. The van der Waals surface area contributed by atoms with E-state index in [9.17, 15) is 4.79 Å². The van der Waals surface area contributed by atoms with Gasteiger partial charge in [0.15, 0.2) is 0 Å². The molecule has 4 nitrogen and oxygen atoms in total. The van der Waals surface area contributed by atoms with Gasteiger partial charge in [0.1, 0.15) is 0 Å². The molecule has 4 heteroatoms. The lowest BCUT2D eigenvalue weighted by molar-refractivity contribution is -0.123. The van der Waals surface area contributed by atoms with E-state index in [4.69, 9.17) is 5.73 Å². The largest absolute Gasteiger partial charge is 0.338 e. The molecule has 1 aliphatic rings. The molecule has 0 spiro atoms. The van der Waals surface area contributed by atoms with E-state index in [1.807, 2.05) is 6.92 Å². The Balaban J connectivity index is 2.22. The van der Waals surface area contributed by atoms with Gasteiger partial charge in [0.05, 0.1) is 12.2 Å². The zero-order valence-electron chi connectivity index (χ0n) is 8.12. The van der Waals surface area contributed by atoms with Gasteiger partial charge in [-0.25, -0.2) is 5.32 Å². The number of carbonyl (C=O) groups excluding carboxylic acids is 1. The van der Waals surface area contributed by atoms with E-state index < -0.39 is 0 Å². The first-order valence-electron chi connectivity index (χ1n) is 4.96. The second-order valence-corrected chi connectivity index (χ2v) is 3.47. The Bertz CT molecular complexity index is 166. The van der Waals surface area contributed by atoms with Gasteiger partial charge in [0.2, 0.25) is 5.91 Å². The van der Waals surface area contributed by atoms with Crippen molar-refractivity contribution in [1.82, 2.24) is 10.6 Å². The molecule has 1 amide bonds. The Kier molecular flexibility index (Phi) is 4.18. The molecule has 0 aromatic heterocycles. The number of rotatable bonds is 4. The van der Waals surface area contributed by atoms with Crippen LogP contribution in [0.1, 0.15) is 32.6 Å². The first-order valence-corrected chi connectivity index (χ1v) is 4.96. The maximum absolute atomic E-state index is 11.4. The van der Waals surface area contributed by atoms with Crippen LogP contribution in [0.25, 0.3) is 0 Å². The fourth-order valence-electron chi connectivity index (χ4n) is 1.45. The number of nitrogens with zero attached hydrogens (tertiary/aromatic N) is 1. The fraction of sp³-hybridized carbons (Fsp3) is 0.889. The summed E-state index contributed by atoms with van der Waals surface area (Å²) in [5.41, 5.74) is 5.65. The standard InChI is InChI=1S/C9H18N3O/c1-2-4-7(10)9(13)12-8-5-3-6-11-8/h7-8H,2-6,10H2,1H3,(H,12,13)/t7-,8?/m0/s1. The van der Waals surface area contributed by atoms with Crippen LogP contribution < -0.4 is 16.4 Å². The summed E-state index contributed by atoms with van der Waals surface area (Å²) in [5, 5.41) is 7.06. The highest BCUT2D eigenvalue weighted by Gasteiger charge is 2.20. The van der Waals surface area contributed by atoms with Gasteiger partial charge >= 0.3 is 0 Å². The van der Waals surface area contributed by atoms with Gasteiger partial charge in [-0.3, -0.25) is 4.79 Å². The molecule has 1 radical (unpaired) electrons. The second-order valence-electron chi connectivity index (χ2n) is 3.47. The van der Waals surface area contributed by atoms with E-state index in [1.54, 1.807) is 0 Å². The van der Waals surface area contributed by atoms with E-state index >= 15 is 0 Å². The van der Waals surface area contributed by atoms with Crippen LogP contribution in [-0.4, -0.2) is 24.7 Å². The number of hydrogen-bond donors (Lipinski definition) is 2. The van der Waals surface area contributed by atoms with Crippen LogP contribution in [0.15, 0.2) is 0 Å². The molecule has 2 atom stereocenters. The van der Waals surface area contributed by atoms with E-state index in [0.29, 0.717) is 0 Å². The molecule has 1 fully saturated rings. The van der Waals surface area contributed by atoms with Crippen molar-refractivity contribution in [2.75, 3.05) is 6.54 Å². The first kappa shape index (κ1) is 10.5. The minimum atomic E-state index is -0.360. The van der Waals surface area contributed by atoms with Crippen molar-refractivity contribution in [1.29, 1.82) is 0 Å². The molecule has 1 rings (SSSR count). The smallest absolute Gasteiger partial charge is 0.238 e. The van der Waals surface area contributed by atoms with Crippen LogP contribution in [0.2, 0.25) is 0 Å². The Labute approximate surface area is 79.3 Å². The van der Waals surface area contributed by atoms with Gasteiger partial charge in [-0.1, -0.05) is 13.3 Å². The van der Waals surface area contributed by atoms with Crippen LogP contribution >= 0.6 is 0 Å². The summed E-state index contributed by atoms with van der Waals surface area (Å²) in [7, 11) is 0. The third-order valence-corrected chi connectivity index (χ3v) is 2.23. The number of amides is 1. The minimum Gasteiger partial charge on any atom is -0.338 e. The van der Waals surface area contributed by atoms with Crippen molar-refractivity contribution in [2.24, 2.45) is 5.73 Å². The van der Waals surface area contributed by atoms with Gasteiger partial charge < -0.3 is 11.1 Å². The molecule has 75 valence electrons. The quantitative estimate of drug-likeness (QED) is 0.643. The van der Waals surface area contributed by atoms with Crippen molar-refractivity contribution in [2.45, 2.75) is 44.8 Å². The van der Waals surface area contributed by atoms with E-state index in [0.717, 1.165) is 32.2 Å². The maximum atomic E-state index is 11.4. The van der Waals surface area contributed by atoms with Crippen LogP contribution in [0.4, 0.5) is 0 Å². The monoisotopic (exact) mass is 184 g/mol. The molecular weight excluding hydrogens is 166 g/mol. The van der Waals surface area contributed by atoms with Gasteiger partial charge in [0, 0.05) is 6.54 Å². The van der Waals surface area contributed by atoms with E-state index in [2.05, 4.69) is 10.6 Å². The molecule has 1 aliphatic heterocycles. The Morgan fingerprint density at radius 1 is 1.77 bits per heavy atom. The molecule has 3 N–H and O–H groups in total. The lowest BCUT2D eigenvalue weighted by atomic mass is 10.1. The Morgan fingerprint density at radius 3 is 3.08 bits per heavy atom. The van der Waals surface area contributed by atoms with Crippen molar-refractivity contribution in [3.63, 3.8) is 0 Å². The van der Waals surface area contributed by atoms with Crippen LogP contribution in [-0.2, 0) is 4.79 Å². The minimum absolute atomic E-state index is 0.0235. The van der Waals surface area contributed by atoms with Crippen LogP contribution in [0.5, 0.6) is 0 Å². The first-order chi connectivity index (χ1) is 6.24. The summed E-state index contributed by atoms with van der Waals surface area (Å²) in [5.74, 6) is -0.0579. The lowest BCUT2D eigenvalue weighted by Crippen LogP contribution is -2.46. The van der Waals surface area contributed by atoms with Gasteiger partial charge in [0.25, 0.3) is 0 Å². The molecule has 1 unspecified atom stereocenters. The molecule has 0 aliphatic carbocycles. The Hall–Kier alpha value is -0.610. The highest BCUT2D eigenvalue weighted by Crippen LogP contribution is 2.04. The SMILES string of the molecule is CCC[C@H](N)C(=O)NC1CCC[N]1. The molecule has 0 bridgehead atoms. The predicted octanol–water partition coefficient (Wildman–Crippen LogP) is -0.0457. The zero-order chi connectivity index (χ0) is 9.68. The summed E-state index contributed by atoms with van der Waals surface area (Å²) < 4.78 is 0. The molecule has 0 aromatic carbocycles. The number of hydrogen-bond acceptors (Lipinski definition) is 2. The van der Waals surface area contributed by atoms with Gasteiger partial charge in [-0.2, -0.15) is 0 Å². The van der Waals surface area contributed by atoms with Crippen molar-refractivity contribution in [3.8, 4) is 0 Å². The highest BCUT2D eigenvalue weighted by molar-refractivity contribution is 5.81. The third kappa shape index (κ3) is 3.32. The van der Waals surface area contributed by atoms with E-state index in [1.165, 1.54) is 0 Å². The molecule has 13 heavy (non-hydrogen) atoms. The molecular formula is C9H18N3O. The molecule has 0 saturated carbocycles. The van der Waals surface area contributed by atoms with E-state index in [-0.39, 0.29) is 18.1 Å². The van der Waals surface area contributed by atoms with Gasteiger partial charge in [-0.05, 0) is 19.3 Å². The summed E-state index contributed by atoms with van der Waals surface area (Å²) in [4.78, 5) is 11.4. The zero-order valence-corrected chi connectivity index (χ0v) is 8.12. The van der Waals surface area contributed by atoms with Crippen molar-refractivity contribution in [3.05, 3.63) is 0 Å². The summed E-state index contributed by atoms with van der Waals surface area (Å²) in [6.45, 7) is 2.89. The van der Waals surface area contributed by atoms with Crippen LogP contribution in [0, 0.1) is 0 Å². The molecule has 1 saturated heterocycles. The Morgan fingerprint density at radius 2 is 2.54 bits per heavy atom. The average molecular weight is 184 g/mol. The maximum Gasteiger partial charge on any atom is 0.238 e. The van der Waals surface area contributed by atoms with Crippen molar-refractivity contribution < 1.29 is 4.79 Å². The summed E-state index contributed by atoms with van der Waals surface area (Å²) >= 11 is 0. The summed E-state index contributed by atoms with van der Waals surface area (Å²) in [6, 6.07) is -0.360. The molecule has 1 heterocycles. The normalized spacial score (nSPS) is 24.3. The van der Waals surface area contributed by atoms with Crippen LogP contribution in [0.3, 0.4) is 0 Å². The number of nitrogens with two attached hydrogens (primary N) is 1. The predicted molar refractivity (Wildman–Crippen MR) is 51.0 cm³/mol. The topological polar surface area (TPSA) is 69.2 Å². The van der Waals surface area contributed by atoms with Gasteiger partial charge in [-0.15, -0.1) is 0 Å². The molecule has 0 aromatic rings. The second kappa shape index (κ2) is 5.19. The third-order valence-electron chi connectivity index (χ3n) is 2.23. The lowest BCUT2D eigenvalue weighted by Gasteiger charge is -2.15. The highest BCUT2D eigenvalue weighted by atomic mass is 16.2.